The number of hydrogen-bond acceptors (Lipinski definition) is 10. The number of halogens is 4. The van der Waals surface area contributed by atoms with Crippen LogP contribution in [0.5, 0.6) is 0 Å². The maximum atomic E-state index is 13.1. The highest BCUT2D eigenvalue weighted by molar-refractivity contribution is 6.34. The normalized spacial score (nSPS) is 14.7. The number of alkyl halides is 3. The molecule has 0 bridgehead atoms. The lowest BCUT2D eigenvalue weighted by atomic mass is 10.1. The van der Waals surface area contributed by atoms with Crippen LogP contribution in [0.3, 0.4) is 0 Å². The average Bonchev–Trinajstić information content (AvgIpc) is 2.52. The molecule has 0 saturated carbocycles. The fourth-order valence-electron chi connectivity index (χ4n) is 2.33. The smallest absolute Gasteiger partial charge is 0.379 e. The summed E-state index contributed by atoms with van der Waals surface area (Å²) in [6.45, 7) is -0.779. The highest BCUT2D eigenvalue weighted by Gasteiger charge is 2.45. The van der Waals surface area contributed by atoms with Gasteiger partial charge >= 0.3 is 23.2 Å². The second-order valence-corrected chi connectivity index (χ2v) is 5.45. The van der Waals surface area contributed by atoms with Gasteiger partial charge < -0.3 is 11.5 Å². The first-order valence-electron chi connectivity index (χ1n) is 6.73. The molecule has 0 spiro atoms. The van der Waals surface area contributed by atoms with Gasteiger partial charge in [-0.1, -0.05) is 11.6 Å². The molecule has 2 rings (SSSR count). The van der Waals surface area contributed by atoms with Gasteiger partial charge in [0.05, 0.1) is 20.3 Å². The van der Waals surface area contributed by atoms with E-state index in [0.717, 1.165) is 0 Å². The van der Waals surface area contributed by atoms with Crippen molar-refractivity contribution in [3.63, 3.8) is 0 Å². The molecule has 0 radical (unpaired) electrons. The molecule has 1 aliphatic heterocycles. The minimum absolute atomic E-state index is 0.0363. The van der Waals surface area contributed by atoms with E-state index in [0.29, 0.717) is 4.90 Å². The molecule has 0 aliphatic carbocycles. The number of nitrogens with two attached hydrogens (primary N) is 2. The second kappa shape index (κ2) is 6.80. The van der Waals surface area contributed by atoms with Crippen molar-refractivity contribution < 1.29 is 27.9 Å². The Morgan fingerprint density at radius 1 is 1.11 bits per heavy atom. The zero-order chi connectivity index (χ0) is 21.5. The number of rotatable bonds is 4. The Balaban J connectivity index is 2.95. The van der Waals surface area contributed by atoms with Crippen LogP contribution >= 0.6 is 11.6 Å². The van der Waals surface area contributed by atoms with Crippen LogP contribution in [0, 0.1) is 30.3 Å². The monoisotopic (exact) mass is 425 g/mol. The van der Waals surface area contributed by atoms with E-state index >= 15 is 0 Å². The van der Waals surface area contributed by atoms with E-state index < -0.39 is 72.6 Å². The summed E-state index contributed by atoms with van der Waals surface area (Å²) >= 11 is 5.50. The second-order valence-electron chi connectivity index (χ2n) is 5.07. The van der Waals surface area contributed by atoms with Gasteiger partial charge in [-0.15, -0.1) is 0 Å². The number of hydrogen-bond donors (Lipinski definition) is 2. The molecule has 0 fully saturated rings. The molecule has 0 aromatic heterocycles. The molecule has 4 N–H and O–H groups in total. The highest BCUT2D eigenvalue weighted by atomic mass is 35.5. The van der Waals surface area contributed by atoms with Crippen molar-refractivity contribution in [2.45, 2.75) is 6.18 Å². The number of nitro benzene ring substituents is 2. The van der Waals surface area contributed by atoms with Crippen molar-refractivity contribution in [1.82, 2.24) is 0 Å². The quantitative estimate of drug-likeness (QED) is 0.532. The average molecular weight is 426 g/mol. The predicted octanol–water partition coefficient (Wildman–Crippen LogP) is 1.71. The summed E-state index contributed by atoms with van der Waals surface area (Å²) in [5, 5.41) is 32.3. The van der Waals surface area contributed by atoms with Crippen LogP contribution in [0.1, 0.15) is 5.56 Å². The molecule has 0 amide bonds. The molecule has 0 unspecified atom stereocenters. The first-order valence-corrected chi connectivity index (χ1v) is 7.11. The van der Waals surface area contributed by atoms with Gasteiger partial charge in [0.15, 0.2) is 5.82 Å². The van der Waals surface area contributed by atoms with Crippen molar-refractivity contribution in [3.8, 4) is 0 Å². The zero-order valence-electron chi connectivity index (χ0n) is 13.1. The van der Waals surface area contributed by atoms with Gasteiger partial charge in [-0.3, -0.25) is 35.2 Å². The summed E-state index contributed by atoms with van der Waals surface area (Å²) in [7, 11) is 0. The van der Waals surface area contributed by atoms with Crippen molar-refractivity contribution >= 4 is 34.5 Å². The highest BCUT2D eigenvalue weighted by Crippen LogP contribution is 2.49. The third kappa shape index (κ3) is 3.31. The summed E-state index contributed by atoms with van der Waals surface area (Å²) in [6, 6.07) is -0.0363. The van der Waals surface area contributed by atoms with Crippen molar-refractivity contribution in [3.05, 3.63) is 58.5 Å². The third-order valence-corrected chi connectivity index (χ3v) is 3.87. The standard InChI is InChI=1S/C11H7ClF3N7O6/c12-5-3(11(13,14)15)1-4(20(23)24)6(7(5)21(25)26)19-2-18-9(16)8(10(19)17)22(27)28/h1H,2,17H2,(H2,16,18). The van der Waals surface area contributed by atoms with Crippen LogP contribution in [-0.2, 0) is 6.18 Å². The lowest BCUT2D eigenvalue weighted by Crippen LogP contribution is -2.40. The Hall–Kier alpha value is -3.69. The molecule has 1 aromatic rings. The molecule has 13 nitrogen and oxygen atoms in total. The van der Waals surface area contributed by atoms with Gasteiger partial charge in [0.25, 0.3) is 0 Å². The topological polar surface area (TPSA) is 197 Å². The Bertz CT molecular complexity index is 976. The predicted molar refractivity (Wildman–Crippen MR) is 86.9 cm³/mol. The molecule has 17 heteroatoms. The number of aliphatic imine (C=N–C) groups is 1. The van der Waals surface area contributed by atoms with Gasteiger partial charge in [-0.2, -0.15) is 13.2 Å². The molecule has 1 heterocycles. The summed E-state index contributed by atoms with van der Waals surface area (Å²) in [5.41, 5.74) is 3.95. The lowest BCUT2D eigenvalue weighted by Gasteiger charge is -2.25. The maximum Gasteiger partial charge on any atom is 0.418 e. The van der Waals surface area contributed by atoms with E-state index in [9.17, 15) is 43.5 Å². The number of amidine groups is 1. The first kappa shape index (κ1) is 20.6. The first-order chi connectivity index (χ1) is 12.8. The number of benzene rings is 1. The molecule has 28 heavy (non-hydrogen) atoms. The minimum Gasteiger partial charge on any atom is -0.379 e. The van der Waals surface area contributed by atoms with Gasteiger partial charge in [0.2, 0.25) is 11.5 Å². The van der Waals surface area contributed by atoms with Crippen LogP contribution in [0.4, 0.5) is 30.2 Å². The van der Waals surface area contributed by atoms with E-state index in [1.807, 2.05) is 0 Å². The maximum absolute atomic E-state index is 13.1. The van der Waals surface area contributed by atoms with Crippen molar-refractivity contribution in [2.24, 2.45) is 16.5 Å². The fraction of sp³-hybridized carbons (Fsp3) is 0.182. The molecule has 1 aromatic carbocycles. The minimum atomic E-state index is -5.26. The van der Waals surface area contributed by atoms with Gasteiger partial charge in [0.1, 0.15) is 11.7 Å². The van der Waals surface area contributed by atoms with Crippen LogP contribution < -0.4 is 16.4 Å². The Labute approximate surface area is 156 Å². The van der Waals surface area contributed by atoms with Crippen LogP contribution in [-0.4, -0.2) is 27.3 Å². The van der Waals surface area contributed by atoms with Crippen molar-refractivity contribution in [2.75, 3.05) is 11.6 Å². The SMILES string of the molecule is NC1=NCN(c2c([N+](=O)[O-])cc(C(F)(F)F)c(Cl)c2[N+](=O)[O-])C(N)=C1[N+](=O)[O-]. The van der Waals surface area contributed by atoms with Crippen LogP contribution in [0.2, 0.25) is 5.02 Å². The van der Waals surface area contributed by atoms with E-state index in [1.54, 1.807) is 0 Å². The van der Waals surface area contributed by atoms with Crippen molar-refractivity contribution in [1.29, 1.82) is 0 Å². The summed E-state index contributed by atoms with van der Waals surface area (Å²) in [4.78, 5) is 33.8. The molecule has 0 atom stereocenters. The molecule has 1 aliphatic rings. The van der Waals surface area contributed by atoms with E-state index in [2.05, 4.69) is 4.99 Å². The van der Waals surface area contributed by atoms with E-state index in [4.69, 9.17) is 23.1 Å². The number of anilines is 1. The molecule has 150 valence electrons. The van der Waals surface area contributed by atoms with Crippen LogP contribution in [0.15, 0.2) is 22.6 Å². The Morgan fingerprint density at radius 2 is 1.68 bits per heavy atom. The van der Waals surface area contributed by atoms with Gasteiger partial charge in [-0.25, -0.2) is 4.99 Å². The van der Waals surface area contributed by atoms with Gasteiger partial charge in [0, 0.05) is 6.07 Å². The van der Waals surface area contributed by atoms with Crippen LogP contribution in [0.25, 0.3) is 0 Å². The summed E-state index contributed by atoms with van der Waals surface area (Å²) in [5.74, 6) is -1.58. The van der Waals surface area contributed by atoms with Gasteiger partial charge in [-0.05, 0) is 0 Å². The number of nitro groups is 3. The summed E-state index contributed by atoms with van der Waals surface area (Å²) in [6.07, 6.45) is -5.26. The Kier molecular flexibility index (Phi) is 5.01. The third-order valence-electron chi connectivity index (χ3n) is 3.49. The zero-order valence-corrected chi connectivity index (χ0v) is 13.9. The van der Waals surface area contributed by atoms with E-state index in [-0.39, 0.29) is 6.07 Å². The Morgan fingerprint density at radius 3 is 2.11 bits per heavy atom. The van der Waals surface area contributed by atoms with E-state index in [1.165, 1.54) is 0 Å². The summed E-state index contributed by atoms with van der Waals surface area (Å²) < 4.78 is 39.3. The largest absolute Gasteiger partial charge is 0.418 e. The lowest BCUT2D eigenvalue weighted by molar-refractivity contribution is -0.416. The fourth-order valence-corrected chi connectivity index (χ4v) is 2.65. The molecular weight excluding hydrogens is 419 g/mol. The number of nitrogens with zero attached hydrogens (tertiary/aromatic N) is 5. The molecular formula is C11H7ClF3N7O6. The molecule has 0 saturated heterocycles.